The number of phenolic OH excluding ortho intramolecular Hbond substituents is 1. The first-order valence-electron chi connectivity index (χ1n) is 9.16. The van der Waals surface area contributed by atoms with E-state index in [1.807, 2.05) is 0 Å². The Hall–Kier alpha value is -3.37. The summed E-state index contributed by atoms with van der Waals surface area (Å²) in [5.41, 5.74) is 3.09. The van der Waals surface area contributed by atoms with Crippen LogP contribution in [-0.2, 0) is 9.59 Å². The highest BCUT2D eigenvalue weighted by Crippen LogP contribution is 2.32. The van der Waals surface area contributed by atoms with Gasteiger partial charge in [-0.3, -0.25) is 15.0 Å². The minimum absolute atomic E-state index is 0.0165. The Kier molecular flexibility index (Phi) is 6.93. The van der Waals surface area contributed by atoms with E-state index in [0.717, 1.165) is 16.8 Å². The monoisotopic (exact) mass is 458 g/mol. The van der Waals surface area contributed by atoms with Crippen molar-refractivity contribution in [2.45, 2.75) is 19.4 Å². The normalized spacial score (nSPS) is 15.8. The lowest BCUT2D eigenvalue weighted by molar-refractivity contribution is -0.145. The van der Waals surface area contributed by atoms with Gasteiger partial charge in [0.1, 0.15) is 11.5 Å². The van der Waals surface area contributed by atoms with E-state index in [9.17, 15) is 19.5 Å². The van der Waals surface area contributed by atoms with Crippen molar-refractivity contribution in [3.05, 3.63) is 64.6 Å². The Balaban J connectivity index is 1.70. The van der Waals surface area contributed by atoms with Gasteiger partial charge in [-0.1, -0.05) is 43.0 Å². The van der Waals surface area contributed by atoms with E-state index in [-0.39, 0.29) is 15.6 Å². The Morgan fingerprint density at radius 1 is 1.23 bits per heavy atom. The smallest absolute Gasteiger partial charge is 0.344 e. The van der Waals surface area contributed by atoms with Crippen molar-refractivity contribution >= 4 is 52.2 Å². The summed E-state index contributed by atoms with van der Waals surface area (Å²) in [6.07, 6.45) is 0.991. The highest BCUT2D eigenvalue weighted by Gasteiger charge is 2.34. The molecule has 0 spiro atoms. The van der Waals surface area contributed by atoms with Gasteiger partial charge in [0, 0.05) is 0 Å². The fourth-order valence-electron chi connectivity index (χ4n) is 2.66. The molecule has 0 saturated carbocycles. The van der Waals surface area contributed by atoms with Crippen LogP contribution in [0.1, 0.15) is 29.3 Å². The summed E-state index contributed by atoms with van der Waals surface area (Å²) in [5.74, 6) is -2.02. The van der Waals surface area contributed by atoms with Crippen LogP contribution < -0.4 is 10.2 Å². The summed E-state index contributed by atoms with van der Waals surface area (Å²) in [5, 5.41) is 19.8. The molecule has 0 radical (unpaired) electrons. The largest absolute Gasteiger partial charge is 0.507 e. The Morgan fingerprint density at radius 3 is 2.52 bits per heavy atom. The number of aromatic hydroxyl groups is 1. The molecule has 31 heavy (non-hydrogen) atoms. The van der Waals surface area contributed by atoms with Crippen molar-refractivity contribution in [3.63, 3.8) is 0 Å². The van der Waals surface area contributed by atoms with Gasteiger partial charge in [0.15, 0.2) is 10.4 Å². The number of hydrogen-bond donors (Lipinski definition) is 3. The minimum Gasteiger partial charge on any atom is -0.507 e. The number of aliphatic carboxylic acids is 1. The number of rotatable bonds is 7. The third-order valence-corrected chi connectivity index (χ3v) is 5.56. The Bertz CT molecular complexity index is 1070. The Morgan fingerprint density at radius 2 is 1.90 bits per heavy atom. The molecule has 2 amide bonds. The first-order chi connectivity index (χ1) is 14.8. The number of carboxylic acid groups (broad SMARTS) is 1. The average Bonchev–Trinajstić information content (AvgIpc) is 3.00. The number of ether oxygens (including phenoxy) is 1. The SMILES string of the molecule is CCC(Oc1ccc(/C=C2\SC(=S)N(NC(=O)c3ccccc3O)C2=O)cc1)C(=O)O. The first-order valence-corrected chi connectivity index (χ1v) is 10.4. The lowest BCUT2D eigenvalue weighted by Crippen LogP contribution is -2.44. The van der Waals surface area contributed by atoms with E-state index < -0.39 is 23.9 Å². The lowest BCUT2D eigenvalue weighted by atomic mass is 10.2. The van der Waals surface area contributed by atoms with Crippen molar-refractivity contribution in [3.8, 4) is 11.5 Å². The quantitative estimate of drug-likeness (QED) is 0.428. The van der Waals surface area contributed by atoms with Crippen LogP contribution in [0.2, 0.25) is 0 Å². The van der Waals surface area contributed by atoms with Crippen molar-refractivity contribution in [1.29, 1.82) is 0 Å². The van der Waals surface area contributed by atoms with E-state index in [0.29, 0.717) is 22.6 Å². The number of benzene rings is 2. The fourth-order valence-corrected chi connectivity index (χ4v) is 3.84. The number of thioether (sulfide) groups is 1. The Labute approximate surface area is 187 Å². The number of thiocarbonyl (C=S) groups is 1. The molecule has 0 aromatic heterocycles. The zero-order valence-corrected chi connectivity index (χ0v) is 17.9. The predicted molar refractivity (Wildman–Crippen MR) is 119 cm³/mol. The number of hydrazine groups is 1. The standard InChI is InChI=1S/C21H18N2O6S2/c1-2-16(20(27)28)29-13-9-7-12(8-10-13)11-17-19(26)23(21(30)31-17)22-18(25)14-5-3-4-6-15(14)24/h3-11,16,24H,2H2,1H3,(H,22,25)(H,27,28)/b17-11-. The van der Waals surface area contributed by atoms with Crippen molar-refractivity contribution in [1.82, 2.24) is 10.4 Å². The molecule has 1 unspecified atom stereocenters. The molecule has 1 atom stereocenters. The van der Waals surface area contributed by atoms with Crippen LogP contribution in [-0.4, -0.2) is 43.4 Å². The van der Waals surface area contributed by atoms with E-state index in [2.05, 4.69) is 5.43 Å². The molecule has 3 rings (SSSR count). The molecule has 3 N–H and O–H groups in total. The topological polar surface area (TPSA) is 116 Å². The molecule has 8 nitrogen and oxygen atoms in total. The van der Waals surface area contributed by atoms with Crippen LogP contribution in [0.25, 0.3) is 6.08 Å². The van der Waals surface area contributed by atoms with Gasteiger partial charge in [-0.2, -0.15) is 5.01 Å². The molecular weight excluding hydrogens is 440 g/mol. The van der Waals surface area contributed by atoms with Crippen LogP contribution in [0, 0.1) is 0 Å². The molecule has 1 fully saturated rings. The molecule has 10 heteroatoms. The number of carbonyl (C=O) groups is 3. The maximum atomic E-state index is 12.7. The molecule has 1 saturated heterocycles. The second kappa shape index (κ2) is 9.63. The van der Waals surface area contributed by atoms with Gasteiger partial charge in [0.05, 0.1) is 10.5 Å². The van der Waals surface area contributed by atoms with Crippen molar-refractivity contribution in [2.75, 3.05) is 0 Å². The summed E-state index contributed by atoms with van der Waals surface area (Å²) < 4.78 is 5.56. The molecule has 2 aromatic carbocycles. The highest BCUT2D eigenvalue weighted by molar-refractivity contribution is 8.26. The second-order valence-electron chi connectivity index (χ2n) is 6.40. The summed E-state index contributed by atoms with van der Waals surface area (Å²) in [6.45, 7) is 1.72. The van der Waals surface area contributed by atoms with Gasteiger partial charge < -0.3 is 14.9 Å². The molecule has 160 valence electrons. The van der Waals surface area contributed by atoms with Crippen LogP contribution in [0.5, 0.6) is 11.5 Å². The summed E-state index contributed by atoms with van der Waals surface area (Å²) in [7, 11) is 0. The number of carboxylic acids is 1. The molecule has 2 aromatic rings. The summed E-state index contributed by atoms with van der Waals surface area (Å²) in [4.78, 5) is 36.4. The predicted octanol–water partition coefficient (Wildman–Crippen LogP) is 3.18. The van der Waals surface area contributed by atoms with Crippen LogP contribution in [0.3, 0.4) is 0 Å². The van der Waals surface area contributed by atoms with Gasteiger partial charge in [0.25, 0.3) is 11.8 Å². The molecule has 0 bridgehead atoms. The van der Waals surface area contributed by atoms with Crippen LogP contribution >= 0.6 is 24.0 Å². The third kappa shape index (κ3) is 5.22. The van der Waals surface area contributed by atoms with Gasteiger partial charge in [0.2, 0.25) is 0 Å². The first kappa shape index (κ1) is 22.3. The lowest BCUT2D eigenvalue weighted by Gasteiger charge is -2.16. The molecule has 1 aliphatic rings. The summed E-state index contributed by atoms with van der Waals surface area (Å²) in [6, 6.07) is 12.5. The second-order valence-corrected chi connectivity index (χ2v) is 8.07. The van der Waals surface area contributed by atoms with E-state index >= 15 is 0 Å². The van der Waals surface area contributed by atoms with Gasteiger partial charge >= 0.3 is 5.97 Å². The number of phenols is 1. The van der Waals surface area contributed by atoms with Gasteiger partial charge in [-0.05, 0) is 54.5 Å². The highest BCUT2D eigenvalue weighted by atomic mass is 32.2. The van der Waals surface area contributed by atoms with E-state index in [1.54, 1.807) is 49.4 Å². The van der Waals surface area contributed by atoms with Gasteiger partial charge in [-0.15, -0.1) is 0 Å². The fraction of sp³-hybridized carbons (Fsp3) is 0.143. The van der Waals surface area contributed by atoms with Crippen LogP contribution in [0.15, 0.2) is 53.4 Å². The number of carbonyl (C=O) groups excluding carboxylic acids is 2. The maximum absolute atomic E-state index is 12.7. The number of nitrogens with zero attached hydrogens (tertiary/aromatic N) is 1. The van der Waals surface area contributed by atoms with E-state index in [4.69, 9.17) is 22.1 Å². The maximum Gasteiger partial charge on any atom is 0.344 e. The van der Waals surface area contributed by atoms with Crippen molar-refractivity contribution in [2.24, 2.45) is 0 Å². The zero-order valence-electron chi connectivity index (χ0n) is 16.3. The van der Waals surface area contributed by atoms with Crippen molar-refractivity contribution < 1.29 is 29.3 Å². The molecular formula is C21H18N2O6S2. The number of para-hydroxylation sites is 1. The third-order valence-electron chi connectivity index (χ3n) is 4.26. The average molecular weight is 459 g/mol. The minimum atomic E-state index is -1.04. The number of nitrogens with one attached hydrogen (secondary N) is 1. The summed E-state index contributed by atoms with van der Waals surface area (Å²) >= 11 is 6.22. The molecule has 1 aliphatic heterocycles. The zero-order chi connectivity index (χ0) is 22.5. The van der Waals surface area contributed by atoms with E-state index in [1.165, 1.54) is 12.1 Å². The van der Waals surface area contributed by atoms with Gasteiger partial charge in [-0.25, -0.2) is 4.79 Å². The molecule has 0 aliphatic carbocycles. The molecule has 1 heterocycles. The number of amides is 2. The number of hydrogen-bond acceptors (Lipinski definition) is 7. The van der Waals surface area contributed by atoms with Crippen LogP contribution in [0.4, 0.5) is 0 Å².